The van der Waals surface area contributed by atoms with Gasteiger partial charge in [-0.2, -0.15) is 0 Å². The Bertz CT molecular complexity index is 423. The van der Waals surface area contributed by atoms with E-state index in [-0.39, 0.29) is 5.91 Å². The molecule has 2 atom stereocenters. The molecule has 18 heavy (non-hydrogen) atoms. The van der Waals surface area contributed by atoms with Crippen LogP contribution in [0.15, 0.2) is 24.3 Å². The largest absolute Gasteiger partial charge is 0.398 e. The second-order valence-corrected chi connectivity index (χ2v) is 5.06. The summed E-state index contributed by atoms with van der Waals surface area (Å²) in [5.74, 6) is -0.117. The van der Waals surface area contributed by atoms with Crippen molar-refractivity contribution in [2.75, 3.05) is 5.73 Å². The topological polar surface area (TPSA) is 58.4 Å². The summed E-state index contributed by atoms with van der Waals surface area (Å²) in [6.45, 7) is 4.29. The molecule has 1 amide bonds. The molecule has 0 radical (unpaired) electrons. The molecule has 4 heteroatoms. The van der Waals surface area contributed by atoms with Crippen LogP contribution in [0.2, 0.25) is 0 Å². The standard InChI is InChI=1S/C14H21N3O/c1-10-6-5-7-11(2)17(10)16-14(18)12-8-3-4-9-13(12)15/h3-4,8-11H,5-7,15H2,1-2H3,(H,16,18). The predicted molar refractivity (Wildman–Crippen MR) is 72.9 cm³/mol. The summed E-state index contributed by atoms with van der Waals surface area (Å²) in [4.78, 5) is 12.2. The maximum Gasteiger partial charge on any atom is 0.267 e. The van der Waals surface area contributed by atoms with E-state index >= 15 is 0 Å². The van der Waals surface area contributed by atoms with Gasteiger partial charge in [0.1, 0.15) is 0 Å². The highest BCUT2D eigenvalue weighted by Gasteiger charge is 2.26. The minimum absolute atomic E-state index is 0.117. The van der Waals surface area contributed by atoms with Gasteiger partial charge in [0, 0.05) is 17.8 Å². The number of para-hydroxylation sites is 1. The predicted octanol–water partition coefficient (Wildman–Crippen LogP) is 2.18. The Labute approximate surface area is 108 Å². The molecule has 98 valence electrons. The Balaban J connectivity index is 2.09. The number of hydrogen-bond acceptors (Lipinski definition) is 3. The number of carbonyl (C=O) groups excluding carboxylic acids is 1. The number of carbonyl (C=O) groups is 1. The summed E-state index contributed by atoms with van der Waals surface area (Å²) in [6, 6.07) is 7.92. The number of anilines is 1. The first-order valence-corrected chi connectivity index (χ1v) is 6.53. The minimum atomic E-state index is -0.117. The lowest BCUT2D eigenvalue weighted by Gasteiger charge is -2.38. The molecule has 1 aliphatic rings. The van der Waals surface area contributed by atoms with Crippen LogP contribution in [-0.4, -0.2) is 23.0 Å². The van der Waals surface area contributed by atoms with Gasteiger partial charge in [-0.3, -0.25) is 10.2 Å². The Kier molecular flexibility index (Phi) is 3.87. The van der Waals surface area contributed by atoms with Crippen LogP contribution in [0.25, 0.3) is 0 Å². The molecule has 2 unspecified atom stereocenters. The second kappa shape index (κ2) is 5.40. The van der Waals surface area contributed by atoms with Crippen molar-refractivity contribution in [2.24, 2.45) is 0 Å². The molecule has 0 aromatic heterocycles. The van der Waals surface area contributed by atoms with Gasteiger partial charge in [-0.15, -0.1) is 0 Å². The maximum atomic E-state index is 12.2. The molecule has 0 saturated carbocycles. The van der Waals surface area contributed by atoms with Crippen LogP contribution in [0.3, 0.4) is 0 Å². The van der Waals surface area contributed by atoms with Crippen molar-refractivity contribution in [3.05, 3.63) is 29.8 Å². The normalized spacial score (nSPS) is 24.8. The number of nitrogens with one attached hydrogen (secondary N) is 1. The van der Waals surface area contributed by atoms with Gasteiger partial charge < -0.3 is 5.73 Å². The SMILES string of the molecule is CC1CCCC(C)N1NC(=O)c1ccccc1N. The summed E-state index contributed by atoms with van der Waals surface area (Å²) in [7, 11) is 0. The molecule has 1 aromatic carbocycles. The number of hydrazine groups is 1. The zero-order chi connectivity index (χ0) is 13.1. The van der Waals surface area contributed by atoms with Gasteiger partial charge in [-0.05, 0) is 38.8 Å². The van der Waals surface area contributed by atoms with Crippen LogP contribution in [-0.2, 0) is 0 Å². The van der Waals surface area contributed by atoms with Gasteiger partial charge in [-0.25, -0.2) is 5.01 Å². The lowest BCUT2D eigenvalue weighted by molar-refractivity contribution is 0.0370. The third-order valence-electron chi connectivity index (χ3n) is 3.63. The number of nitrogens with two attached hydrogens (primary N) is 1. The van der Waals surface area contributed by atoms with Crippen LogP contribution >= 0.6 is 0 Å². The minimum Gasteiger partial charge on any atom is -0.398 e. The number of nitrogen functional groups attached to an aromatic ring is 1. The van der Waals surface area contributed by atoms with Crippen LogP contribution in [0.4, 0.5) is 5.69 Å². The second-order valence-electron chi connectivity index (χ2n) is 5.06. The molecule has 3 N–H and O–H groups in total. The summed E-state index contributed by atoms with van der Waals surface area (Å²) in [6.07, 6.45) is 3.46. The molecule has 0 spiro atoms. The summed E-state index contributed by atoms with van der Waals surface area (Å²) in [5.41, 5.74) is 9.87. The van der Waals surface area contributed by atoms with E-state index in [1.807, 2.05) is 12.1 Å². The third-order valence-corrected chi connectivity index (χ3v) is 3.63. The van der Waals surface area contributed by atoms with E-state index < -0.39 is 0 Å². The van der Waals surface area contributed by atoms with Gasteiger partial charge in [0.25, 0.3) is 5.91 Å². The Morgan fingerprint density at radius 2 is 1.89 bits per heavy atom. The number of piperidine rings is 1. The molecule has 4 nitrogen and oxygen atoms in total. The van der Waals surface area contributed by atoms with Crippen molar-refractivity contribution in [1.82, 2.24) is 10.4 Å². The van der Waals surface area contributed by atoms with Crippen molar-refractivity contribution in [2.45, 2.75) is 45.2 Å². The van der Waals surface area contributed by atoms with E-state index in [1.54, 1.807) is 12.1 Å². The van der Waals surface area contributed by atoms with Crippen LogP contribution < -0.4 is 11.2 Å². The highest BCUT2D eigenvalue weighted by Crippen LogP contribution is 2.21. The van der Waals surface area contributed by atoms with Crippen molar-refractivity contribution >= 4 is 11.6 Å². The highest BCUT2D eigenvalue weighted by molar-refractivity contribution is 5.98. The molecule has 1 heterocycles. The first kappa shape index (κ1) is 12.9. The molecule has 2 rings (SSSR count). The number of amides is 1. The smallest absolute Gasteiger partial charge is 0.267 e. The van der Waals surface area contributed by atoms with Crippen molar-refractivity contribution in [3.63, 3.8) is 0 Å². The lowest BCUT2D eigenvalue weighted by atomic mass is 10.00. The Morgan fingerprint density at radius 3 is 2.50 bits per heavy atom. The van der Waals surface area contributed by atoms with Crippen LogP contribution in [0.1, 0.15) is 43.5 Å². The van der Waals surface area contributed by atoms with Gasteiger partial charge >= 0.3 is 0 Å². The van der Waals surface area contributed by atoms with Crippen LogP contribution in [0, 0.1) is 0 Å². The van der Waals surface area contributed by atoms with Gasteiger partial charge in [-0.1, -0.05) is 18.6 Å². The zero-order valence-corrected chi connectivity index (χ0v) is 11.0. The van der Waals surface area contributed by atoms with E-state index in [0.29, 0.717) is 23.3 Å². The molecule has 1 aliphatic heterocycles. The van der Waals surface area contributed by atoms with Gasteiger partial charge in [0.2, 0.25) is 0 Å². The average Bonchev–Trinajstić information content (AvgIpc) is 2.34. The molecule has 0 aliphatic carbocycles. The monoisotopic (exact) mass is 247 g/mol. The highest BCUT2D eigenvalue weighted by atomic mass is 16.2. The number of rotatable bonds is 2. The van der Waals surface area contributed by atoms with Crippen LogP contribution in [0.5, 0.6) is 0 Å². The van der Waals surface area contributed by atoms with Crippen molar-refractivity contribution < 1.29 is 4.79 Å². The lowest BCUT2D eigenvalue weighted by Crippen LogP contribution is -2.54. The van der Waals surface area contributed by atoms with E-state index in [2.05, 4.69) is 24.3 Å². The molecule has 1 aromatic rings. The maximum absolute atomic E-state index is 12.2. The number of benzene rings is 1. The van der Waals surface area contributed by atoms with E-state index in [4.69, 9.17) is 5.73 Å². The molecular weight excluding hydrogens is 226 g/mol. The third kappa shape index (κ3) is 2.64. The molecule has 0 bridgehead atoms. The first-order chi connectivity index (χ1) is 8.59. The fraction of sp³-hybridized carbons (Fsp3) is 0.500. The fourth-order valence-electron chi connectivity index (χ4n) is 2.52. The Morgan fingerprint density at radius 1 is 1.28 bits per heavy atom. The van der Waals surface area contributed by atoms with Crippen molar-refractivity contribution in [1.29, 1.82) is 0 Å². The van der Waals surface area contributed by atoms with Gasteiger partial charge in [0.05, 0.1) is 5.56 Å². The van der Waals surface area contributed by atoms with E-state index in [0.717, 1.165) is 12.8 Å². The molecule has 1 saturated heterocycles. The zero-order valence-electron chi connectivity index (χ0n) is 11.0. The summed E-state index contributed by atoms with van der Waals surface area (Å²) < 4.78 is 0. The van der Waals surface area contributed by atoms with Crippen molar-refractivity contribution in [3.8, 4) is 0 Å². The summed E-state index contributed by atoms with van der Waals surface area (Å²) >= 11 is 0. The molecular formula is C14H21N3O. The first-order valence-electron chi connectivity index (χ1n) is 6.53. The quantitative estimate of drug-likeness (QED) is 0.787. The fourth-order valence-corrected chi connectivity index (χ4v) is 2.52. The number of nitrogens with zero attached hydrogens (tertiary/aromatic N) is 1. The summed E-state index contributed by atoms with van der Waals surface area (Å²) in [5, 5.41) is 2.05. The van der Waals surface area contributed by atoms with E-state index in [9.17, 15) is 4.79 Å². The van der Waals surface area contributed by atoms with Gasteiger partial charge in [0.15, 0.2) is 0 Å². The molecule has 1 fully saturated rings. The Hall–Kier alpha value is -1.55. The van der Waals surface area contributed by atoms with E-state index in [1.165, 1.54) is 6.42 Å². The average molecular weight is 247 g/mol. The number of hydrogen-bond donors (Lipinski definition) is 2.